The molecule has 0 bridgehead atoms. The van der Waals surface area contributed by atoms with Crippen LogP contribution in [0.3, 0.4) is 0 Å². The highest BCUT2D eigenvalue weighted by molar-refractivity contribution is 7.19. The van der Waals surface area contributed by atoms with Gasteiger partial charge < -0.3 is 10.7 Å². The number of halogens is 1. The van der Waals surface area contributed by atoms with E-state index in [9.17, 15) is 0 Å². The molecule has 5 heteroatoms. The van der Waals surface area contributed by atoms with E-state index < -0.39 is 0 Å². The van der Waals surface area contributed by atoms with Gasteiger partial charge in [0.05, 0.1) is 27.1 Å². The van der Waals surface area contributed by atoms with Gasteiger partial charge in [0.15, 0.2) is 0 Å². The molecule has 3 nitrogen and oxygen atoms in total. The molecular formula is C11H14ClN3S. The van der Waals surface area contributed by atoms with Crippen molar-refractivity contribution in [1.82, 2.24) is 9.97 Å². The fourth-order valence-electron chi connectivity index (χ4n) is 1.41. The van der Waals surface area contributed by atoms with Crippen LogP contribution in [0.1, 0.15) is 25.7 Å². The molecular weight excluding hydrogens is 242 g/mol. The maximum atomic E-state index is 6.02. The van der Waals surface area contributed by atoms with Gasteiger partial charge in [-0.1, -0.05) is 25.4 Å². The Hall–Kier alpha value is -0.840. The van der Waals surface area contributed by atoms with Crippen LogP contribution in [0.4, 0.5) is 0 Å². The Morgan fingerprint density at radius 1 is 1.44 bits per heavy atom. The molecule has 0 aliphatic rings. The average Bonchev–Trinajstić information content (AvgIpc) is 2.84. The topological polar surface area (TPSA) is 54.7 Å². The van der Waals surface area contributed by atoms with Crippen molar-refractivity contribution in [3.63, 3.8) is 0 Å². The van der Waals surface area contributed by atoms with Crippen LogP contribution < -0.4 is 5.73 Å². The van der Waals surface area contributed by atoms with Gasteiger partial charge in [-0.2, -0.15) is 0 Å². The molecule has 0 spiro atoms. The first-order valence-electron chi connectivity index (χ1n) is 5.14. The van der Waals surface area contributed by atoms with E-state index in [1.165, 1.54) is 11.3 Å². The number of aromatic amines is 1. The molecule has 0 aliphatic carbocycles. The van der Waals surface area contributed by atoms with Gasteiger partial charge in [-0.15, -0.1) is 11.3 Å². The van der Waals surface area contributed by atoms with Crippen molar-refractivity contribution < 1.29 is 0 Å². The number of aromatic nitrogens is 2. The van der Waals surface area contributed by atoms with E-state index in [1.807, 2.05) is 12.1 Å². The Balaban J connectivity index is 2.26. The molecule has 2 aromatic heterocycles. The zero-order valence-electron chi connectivity index (χ0n) is 9.20. The van der Waals surface area contributed by atoms with Crippen LogP contribution in [-0.4, -0.2) is 9.97 Å². The van der Waals surface area contributed by atoms with Crippen LogP contribution in [0.15, 0.2) is 18.3 Å². The zero-order valence-corrected chi connectivity index (χ0v) is 10.8. The molecule has 0 aromatic carbocycles. The molecule has 2 aromatic rings. The molecule has 0 fully saturated rings. The molecule has 86 valence electrons. The van der Waals surface area contributed by atoms with Crippen molar-refractivity contribution in [1.29, 1.82) is 0 Å². The summed E-state index contributed by atoms with van der Waals surface area (Å²) in [6.07, 6.45) is 1.81. The minimum absolute atomic E-state index is 0.0517. The van der Waals surface area contributed by atoms with E-state index in [2.05, 4.69) is 23.8 Å². The van der Waals surface area contributed by atoms with Gasteiger partial charge in [0, 0.05) is 0 Å². The first kappa shape index (κ1) is 11.6. The highest BCUT2D eigenvalue weighted by Gasteiger charge is 2.14. The van der Waals surface area contributed by atoms with Gasteiger partial charge in [-0.05, 0) is 18.1 Å². The van der Waals surface area contributed by atoms with Crippen LogP contribution in [-0.2, 0) is 0 Å². The largest absolute Gasteiger partial charge is 0.340 e. The monoisotopic (exact) mass is 255 g/mol. The minimum atomic E-state index is -0.0517. The van der Waals surface area contributed by atoms with Crippen LogP contribution in [0.5, 0.6) is 0 Å². The summed E-state index contributed by atoms with van der Waals surface area (Å²) < 4.78 is 0.777. The Kier molecular flexibility index (Phi) is 3.33. The van der Waals surface area contributed by atoms with E-state index in [1.54, 1.807) is 6.20 Å². The summed E-state index contributed by atoms with van der Waals surface area (Å²) in [6.45, 7) is 4.16. The Bertz CT molecular complexity index is 475. The van der Waals surface area contributed by atoms with E-state index >= 15 is 0 Å². The molecule has 1 atom stereocenters. The minimum Gasteiger partial charge on any atom is -0.340 e. The van der Waals surface area contributed by atoms with Crippen molar-refractivity contribution >= 4 is 22.9 Å². The third kappa shape index (κ3) is 2.29. The van der Waals surface area contributed by atoms with Gasteiger partial charge in [0.2, 0.25) is 0 Å². The van der Waals surface area contributed by atoms with Crippen LogP contribution in [0.25, 0.3) is 10.6 Å². The normalized spacial score (nSPS) is 13.3. The third-order valence-electron chi connectivity index (χ3n) is 2.47. The van der Waals surface area contributed by atoms with Gasteiger partial charge in [0.1, 0.15) is 5.82 Å². The Labute approximate surface area is 104 Å². The summed E-state index contributed by atoms with van der Waals surface area (Å²) in [5, 5.41) is 0. The van der Waals surface area contributed by atoms with E-state index in [0.717, 1.165) is 20.7 Å². The number of imidazole rings is 1. The smallest absolute Gasteiger partial charge is 0.123 e. The van der Waals surface area contributed by atoms with Gasteiger partial charge in [-0.25, -0.2) is 4.98 Å². The molecule has 3 N–H and O–H groups in total. The SMILES string of the molecule is CC(C)C(N)c1ncc(-c2ccc(Cl)s2)[nH]1. The maximum Gasteiger partial charge on any atom is 0.123 e. The molecule has 0 aliphatic heterocycles. The molecule has 0 saturated carbocycles. The predicted molar refractivity (Wildman–Crippen MR) is 68.7 cm³/mol. The first-order valence-corrected chi connectivity index (χ1v) is 6.33. The number of hydrogen-bond donors (Lipinski definition) is 2. The number of nitrogens with two attached hydrogens (primary N) is 1. The summed E-state index contributed by atoms with van der Waals surface area (Å²) in [7, 11) is 0. The quantitative estimate of drug-likeness (QED) is 0.883. The second-order valence-corrected chi connectivity index (χ2v) is 5.77. The number of H-pyrrole nitrogens is 1. The lowest BCUT2D eigenvalue weighted by Gasteiger charge is -2.11. The lowest BCUT2D eigenvalue weighted by atomic mass is 10.1. The van der Waals surface area contributed by atoms with Crippen molar-refractivity contribution in [2.24, 2.45) is 11.7 Å². The van der Waals surface area contributed by atoms with Crippen LogP contribution in [0.2, 0.25) is 4.34 Å². The van der Waals surface area contributed by atoms with Crippen LogP contribution in [0, 0.1) is 5.92 Å². The highest BCUT2D eigenvalue weighted by atomic mass is 35.5. The Morgan fingerprint density at radius 3 is 2.75 bits per heavy atom. The highest BCUT2D eigenvalue weighted by Crippen LogP contribution is 2.30. The summed E-state index contributed by atoms with van der Waals surface area (Å²) >= 11 is 7.42. The van der Waals surface area contributed by atoms with Crippen molar-refractivity contribution in [3.05, 3.63) is 28.5 Å². The molecule has 1 unspecified atom stereocenters. The van der Waals surface area contributed by atoms with Crippen molar-refractivity contribution in [2.45, 2.75) is 19.9 Å². The predicted octanol–water partition coefficient (Wildman–Crippen LogP) is 3.45. The van der Waals surface area contributed by atoms with Gasteiger partial charge in [-0.3, -0.25) is 0 Å². The van der Waals surface area contributed by atoms with E-state index in [4.69, 9.17) is 17.3 Å². The first-order chi connectivity index (χ1) is 7.58. The number of hydrogen-bond acceptors (Lipinski definition) is 3. The van der Waals surface area contributed by atoms with E-state index in [-0.39, 0.29) is 6.04 Å². The molecule has 16 heavy (non-hydrogen) atoms. The van der Waals surface area contributed by atoms with E-state index in [0.29, 0.717) is 5.92 Å². The number of nitrogens with one attached hydrogen (secondary N) is 1. The fourth-order valence-corrected chi connectivity index (χ4v) is 2.41. The van der Waals surface area contributed by atoms with Gasteiger partial charge in [0.25, 0.3) is 0 Å². The lowest BCUT2D eigenvalue weighted by Crippen LogP contribution is -2.18. The molecule has 2 rings (SSSR count). The third-order valence-corrected chi connectivity index (χ3v) is 3.73. The number of rotatable bonds is 3. The zero-order chi connectivity index (χ0) is 11.7. The Morgan fingerprint density at radius 2 is 2.19 bits per heavy atom. The summed E-state index contributed by atoms with van der Waals surface area (Å²) in [4.78, 5) is 8.63. The molecule has 0 radical (unpaired) electrons. The van der Waals surface area contributed by atoms with Crippen molar-refractivity contribution in [3.8, 4) is 10.6 Å². The second-order valence-electron chi connectivity index (χ2n) is 4.06. The lowest BCUT2D eigenvalue weighted by molar-refractivity contribution is 0.494. The standard InChI is InChI=1S/C11H14ClN3S/c1-6(2)10(13)11-14-5-7(15-11)8-3-4-9(12)16-8/h3-6,10H,13H2,1-2H3,(H,14,15). The summed E-state index contributed by atoms with van der Waals surface area (Å²) in [5.41, 5.74) is 6.99. The summed E-state index contributed by atoms with van der Waals surface area (Å²) in [6, 6.07) is 3.81. The fraction of sp³-hybridized carbons (Fsp3) is 0.364. The summed E-state index contributed by atoms with van der Waals surface area (Å²) in [5.74, 6) is 1.19. The van der Waals surface area contributed by atoms with Gasteiger partial charge >= 0.3 is 0 Å². The number of nitrogens with zero attached hydrogens (tertiary/aromatic N) is 1. The number of thiophene rings is 1. The molecule has 0 amide bonds. The van der Waals surface area contributed by atoms with Crippen LogP contribution >= 0.6 is 22.9 Å². The second kappa shape index (κ2) is 4.57. The van der Waals surface area contributed by atoms with Crippen molar-refractivity contribution in [2.75, 3.05) is 0 Å². The average molecular weight is 256 g/mol. The molecule has 0 saturated heterocycles. The maximum absolute atomic E-state index is 6.02. The molecule has 2 heterocycles.